The fraction of sp³-hybridized carbons (Fsp3) is 0.333. The first-order valence-corrected chi connectivity index (χ1v) is 6.53. The molecule has 0 spiro atoms. The van der Waals surface area contributed by atoms with Crippen LogP contribution in [0.2, 0.25) is 0 Å². The summed E-state index contributed by atoms with van der Waals surface area (Å²) in [6, 6.07) is 7.64. The molecule has 0 saturated carbocycles. The average molecular weight is 273 g/mol. The van der Waals surface area contributed by atoms with Gasteiger partial charge in [-0.1, -0.05) is 0 Å². The van der Waals surface area contributed by atoms with Crippen LogP contribution in [0.25, 0.3) is 0 Å². The van der Waals surface area contributed by atoms with Gasteiger partial charge in [-0.2, -0.15) is 0 Å². The zero-order valence-corrected chi connectivity index (χ0v) is 12.0. The Morgan fingerprint density at radius 1 is 1.30 bits per heavy atom. The number of ether oxygens (including phenoxy) is 1. The predicted octanol–water partition coefficient (Wildman–Crippen LogP) is 2.54. The third-order valence-corrected chi connectivity index (χ3v) is 3.22. The Morgan fingerprint density at radius 2 is 2.00 bits per heavy atom. The first kappa shape index (κ1) is 14.1. The fourth-order valence-electron chi connectivity index (χ4n) is 2.13. The minimum absolute atomic E-state index is 0.0520. The molecule has 5 heteroatoms. The summed E-state index contributed by atoms with van der Waals surface area (Å²) in [5, 5.41) is 2.82. The second kappa shape index (κ2) is 6.23. The third kappa shape index (κ3) is 3.17. The van der Waals surface area contributed by atoms with E-state index in [9.17, 15) is 4.79 Å². The summed E-state index contributed by atoms with van der Waals surface area (Å²) in [7, 11) is 1.53. The van der Waals surface area contributed by atoms with Gasteiger partial charge >= 0.3 is 0 Å². The van der Waals surface area contributed by atoms with Gasteiger partial charge in [-0.05, 0) is 38.1 Å². The molecular formula is C15H19N3O2. The van der Waals surface area contributed by atoms with E-state index >= 15 is 0 Å². The second-order valence-electron chi connectivity index (χ2n) is 4.63. The van der Waals surface area contributed by atoms with Gasteiger partial charge in [0.1, 0.15) is 5.69 Å². The molecule has 5 nitrogen and oxygen atoms in total. The zero-order valence-electron chi connectivity index (χ0n) is 12.0. The molecule has 2 rings (SSSR count). The van der Waals surface area contributed by atoms with Crippen molar-refractivity contribution in [2.75, 3.05) is 12.4 Å². The highest BCUT2D eigenvalue weighted by atomic mass is 16.5. The molecule has 0 atom stereocenters. The van der Waals surface area contributed by atoms with Crippen LogP contribution in [0, 0.1) is 13.8 Å². The van der Waals surface area contributed by atoms with Crippen LogP contribution in [-0.4, -0.2) is 22.6 Å². The Kier molecular flexibility index (Phi) is 4.40. The minimum Gasteiger partial charge on any atom is -0.480 e. The van der Waals surface area contributed by atoms with Crippen LogP contribution in [0.1, 0.15) is 17.8 Å². The molecule has 0 radical (unpaired) electrons. The Labute approximate surface area is 118 Å². The number of aromatic nitrogens is 2. The maximum atomic E-state index is 12.0. The average Bonchev–Trinajstić information content (AvgIpc) is 2.76. The van der Waals surface area contributed by atoms with Gasteiger partial charge in [0.05, 0.1) is 7.11 Å². The monoisotopic (exact) mass is 273 g/mol. The highest BCUT2D eigenvalue weighted by Gasteiger charge is 2.09. The summed E-state index contributed by atoms with van der Waals surface area (Å²) in [6.45, 7) is 4.74. The number of amides is 1. The fourth-order valence-corrected chi connectivity index (χ4v) is 2.13. The molecule has 0 unspecified atom stereocenters. The topological polar surface area (TPSA) is 56.1 Å². The van der Waals surface area contributed by atoms with Crippen molar-refractivity contribution in [1.82, 2.24) is 9.55 Å². The maximum absolute atomic E-state index is 12.0. The quantitative estimate of drug-likeness (QED) is 0.910. The molecule has 20 heavy (non-hydrogen) atoms. The summed E-state index contributed by atoms with van der Waals surface area (Å²) in [4.78, 5) is 16.0. The lowest BCUT2D eigenvalue weighted by Gasteiger charge is -2.11. The Morgan fingerprint density at radius 3 is 2.65 bits per heavy atom. The molecule has 0 aromatic carbocycles. The molecule has 2 heterocycles. The molecular weight excluding hydrogens is 254 g/mol. The first-order chi connectivity index (χ1) is 9.61. The number of hydrogen-bond acceptors (Lipinski definition) is 3. The standard InChI is InChI=1S/C15H19N3O2/c1-11-6-7-12(2)18(11)10-8-14(19)17-13-5-4-9-16-15(13)20-3/h4-7,9H,8,10H2,1-3H3,(H,17,19). The number of pyridine rings is 1. The number of hydrogen-bond donors (Lipinski definition) is 1. The lowest BCUT2D eigenvalue weighted by molar-refractivity contribution is -0.116. The van der Waals surface area contributed by atoms with E-state index in [1.54, 1.807) is 18.3 Å². The molecule has 106 valence electrons. The van der Waals surface area contributed by atoms with E-state index in [1.165, 1.54) is 7.11 Å². The van der Waals surface area contributed by atoms with E-state index in [0.29, 0.717) is 24.5 Å². The van der Waals surface area contributed by atoms with Crippen LogP contribution in [0.15, 0.2) is 30.5 Å². The predicted molar refractivity (Wildman–Crippen MR) is 77.9 cm³/mol. The molecule has 1 amide bonds. The van der Waals surface area contributed by atoms with Crippen LogP contribution >= 0.6 is 0 Å². The molecule has 0 bridgehead atoms. The minimum atomic E-state index is -0.0520. The largest absolute Gasteiger partial charge is 0.480 e. The van der Waals surface area contributed by atoms with Crippen molar-refractivity contribution >= 4 is 11.6 Å². The number of nitrogens with zero attached hydrogens (tertiary/aromatic N) is 2. The SMILES string of the molecule is COc1ncccc1NC(=O)CCn1c(C)ccc1C. The third-order valence-electron chi connectivity index (χ3n) is 3.22. The van der Waals surface area contributed by atoms with Gasteiger partial charge in [0.2, 0.25) is 11.8 Å². The summed E-state index contributed by atoms with van der Waals surface area (Å²) < 4.78 is 7.23. The number of anilines is 1. The summed E-state index contributed by atoms with van der Waals surface area (Å²) in [5.41, 5.74) is 2.92. The van der Waals surface area contributed by atoms with Crippen molar-refractivity contribution in [3.63, 3.8) is 0 Å². The van der Waals surface area contributed by atoms with E-state index in [4.69, 9.17) is 4.74 Å². The van der Waals surface area contributed by atoms with Gasteiger partial charge in [-0.25, -0.2) is 4.98 Å². The first-order valence-electron chi connectivity index (χ1n) is 6.53. The number of carbonyl (C=O) groups is 1. The second-order valence-corrected chi connectivity index (χ2v) is 4.63. The number of carbonyl (C=O) groups excluding carboxylic acids is 1. The van der Waals surface area contributed by atoms with Crippen LogP contribution in [0.3, 0.4) is 0 Å². The van der Waals surface area contributed by atoms with E-state index in [0.717, 1.165) is 11.4 Å². The summed E-state index contributed by atoms with van der Waals surface area (Å²) >= 11 is 0. The number of rotatable bonds is 5. The van der Waals surface area contributed by atoms with Gasteiger partial charge in [0, 0.05) is 30.6 Å². The Bertz CT molecular complexity index is 585. The molecule has 0 aliphatic heterocycles. The van der Waals surface area contributed by atoms with E-state index < -0.39 is 0 Å². The zero-order chi connectivity index (χ0) is 14.5. The van der Waals surface area contributed by atoms with Crippen LogP contribution in [0.4, 0.5) is 5.69 Å². The lowest BCUT2D eigenvalue weighted by atomic mass is 10.3. The van der Waals surface area contributed by atoms with Crippen molar-refractivity contribution in [3.05, 3.63) is 41.9 Å². The van der Waals surface area contributed by atoms with Gasteiger partial charge in [-0.15, -0.1) is 0 Å². The smallest absolute Gasteiger partial charge is 0.237 e. The molecule has 1 N–H and O–H groups in total. The normalized spacial score (nSPS) is 10.3. The Hall–Kier alpha value is -2.30. The molecule has 0 fully saturated rings. The van der Waals surface area contributed by atoms with Crippen LogP contribution < -0.4 is 10.1 Å². The highest BCUT2D eigenvalue weighted by molar-refractivity contribution is 5.91. The van der Waals surface area contributed by atoms with Crippen molar-refractivity contribution in [2.24, 2.45) is 0 Å². The highest BCUT2D eigenvalue weighted by Crippen LogP contribution is 2.20. The van der Waals surface area contributed by atoms with Crippen molar-refractivity contribution < 1.29 is 9.53 Å². The lowest BCUT2D eigenvalue weighted by Crippen LogP contribution is -2.16. The number of nitrogens with one attached hydrogen (secondary N) is 1. The van der Waals surface area contributed by atoms with Crippen LogP contribution in [0.5, 0.6) is 5.88 Å². The summed E-state index contributed by atoms with van der Waals surface area (Å²) in [6.07, 6.45) is 2.04. The van der Waals surface area contributed by atoms with Crippen molar-refractivity contribution in [1.29, 1.82) is 0 Å². The molecule has 0 aliphatic carbocycles. The number of methoxy groups -OCH3 is 1. The molecule has 0 saturated heterocycles. The Balaban J connectivity index is 1.96. The van der Waals surface area contributed by atoms with Crippen molar-refractivity contribution in [3.8, 4) is 5.88 Å². The van der Waals surface area contributed by atoms with E-state index in [2.05, 4.69) is 27.0 Å². The summed E-state index contributed by atoms with van der Waals surface area (Å²) in [5.74, 6) is 0.373. The molecule has 2 aromatic heterocycles. The van der Waals surface area contributed by atoms with E-state index in [1.807, 2.05) is 13.8 Å². The van der Waals surface area contributed by atoms with Gasteiger partial charge < -0.3 is 14.6 Å². The van der Waals surface area contributed by atoms with E-state index in [-0.39, 0.29) is 5.91 Å². The molecule has 0 aliphatic rings. The maximum Gasteiger partial charge on any atom is 0.237 e. The van der Waals surface area contributed by atoms with Crippen LogP contribution in [-0.2, 0) is 11.3 Å². The number of aryl methyl sites for hydroxylation is 2. The molecule has 2 aromatic rings. The van der Waals surface area contributed by atoms with Crippen molar-refractivity contribution in [2.45, 2.75) is 26.8 Å². The van der Waals surface area contributed by atoms with Gasteiger partial charge in [-0.3, -0.25) is 4.79 Å². The van der Waals surface area contributed by atoms with Gasteiger partial charge in [0.15, 0.2) is 0 Å². The van der Waals surface area contributed by atoms with Gasteiger partial charge in [0.25, 0.3) is 0 Å².